The van der Waals surface area contributed by atoms with Crippen LogP contribution >= 0.6 is 0 Å². The lowest BCUT2D eigenvalue weighted by molar-refractivity contribution is 0.602. The molecule has 1 rings (SSSR count). The number of nitrogens with zero attached hydrogens (tertiary/aromatic N) is 1. The lowest BCUT2D eigenvalue weighted by Crippen LogP contribution is -1.96. The molecule has 3 nitrogen and oxygen atoms in total. The molecular formula is C9H9NO2S. The molecular weight excluding hydrogens is 186 g/mol. The number of hydrogen-bond acceptors (Lipinski definition) is 2. The maximum atomic E-state index is 11.1. The minimum absolute atomic E-state index is 0.261. The monoisotopic (exact) mass is 195 g/mol. The van der Waals surface area contributed by atoms with Crippen molar-refractivity contribution >= 4 is 15.5 Å². The zero-order valence-corrected chi connectivity index (χ0v) is 8.22. The van der Waals surface area contributed by atoms with Gasteiger partial charge in [0, 0.05) is 6.26 Å². The zero-order chi connectivity index (χ0) is 10.1. The molecule has 1 aromatic rings. The highest BCUT2D eigenvalue weighted by Gasteiger charge is 2.08. The van der Waals surface area contributed by atoms with Crippen molar-refractivity contribution in [1.82, 2.24) is 0 Å². The third-order valence-electron chi connectivity index (χ3n) is 1.72. The van der Waals surface area contributed by atoms with Gasteiger partial charge in [-0.15, -0.1) is 0 Å². The van der Waals surface area contributed by atoms with Crippen LogP contribution < -0.4 is 0 Å². The highest BCUT2D eigenvalue weighted by atomic mass is 32.2. The summed E-state index contributed by atoms with van der Waals surface area (Å²) in [5.41, 5.74) is 1.19. The SMILES string of the molecule is [C-]#[N+]c1ccc(S(C)(=O)=O)cc1C. The number of hydrogen-bond donors (Lipinski definition) is 0. The minimum atomic E-state index is -3.15. The standard InChI is InChI=1S/C9H9NO2S/c1-7-6-8(13(3,11)12)4-5-9(7)10-2/h4-6H,1,3H3. The van der Waals surface area contributed by atoms with Crippen molar-refractivity contribution in [3.63, 3.8) is 0 Å². The van der Waals surface area contributed by atoms with Crippen molar-refractivity contribution in [3.8, 4) is 0 Å². The fourth-order valence-electron chi connectivity index (χ4n) is 0.984. The van der Waals surface area contributed by atoms with Gasteiger partial charge >= 0.3 is 0 Å². The molecule has 13 heavy (non-hydrogen) atoms. The average molecular weight is 195 g/mol. The van der Waals surface area contributed by atoms with Crippen LogP contribution in [0.1, 0.15) is 5.56 Å². The fourth-order valence-corrected chi connectivity index (χ4v) is 1.69. The second-order valence-corrected chi connectivity index (χ2v) is 4.85. The molecule has 0 aromatic heterocycles. The molecule has 0 N–H and O–H groups in total. The van der Waals surface area contributed by atoms with Crippen LogP contribution in [0.25, 0.3) is 4.85 Å². The van der Waals surface area contributed by atoms with E-state index in [4.69, 9.17) is 6.57 Å². The predicted octanol–water partition coefficient (Wildman–Crippen LogP) is 1.95. The van der Waals surface area contributed by atoms with Gasteiger partial charge in [-0.2, -0.15) is 0 Å². The lowest BCUT2D eigenvalue weighted by atomic mass is 10.2. The number of rotatable bonds is 1. The van der Waals surface area contributed by atoms with Gasteiger partial charge in [-0.25, -0.2) is 13.3 Å². The number of sulfone groups is 1. The van der Waals surface area contributed by atoms with E-state index in [1.54, 1.807) is 6.92 Å². The number of benzene rings is 1. The third kappa shape index (κ3) is 2.07. The summed E-state index contributed by atoms with van der Waals surface area (Å²) in [6.07, 6.45) is 1.15. The summed E-state index contributed by atoms with van der Waals surface area (Å²) in [4.78, 5) is 3.51. The molecule has 4 heteroatoms. The van der Waals surface area contributed by atoms with E-state index in [-0.39, 0.29) is 4.90 Å². The van der Waals surface area contributed by atoms with Gasteiger partial charge in [0.1, 0.15) is 0 Å². The van der Waals surface area contributed by atoms with Crippen LogP contribution in [-0.2, 0) is 9.84 Å². The first-order valence-corrected chi connectivity index (χ1v) is 5.52. The Balaban J connectivity index is 3.36. The molecule has 0 unspecified atom stereocenters. The normalized spacial score (nSPS) is 10.8. The molecule has 0 aliphatic carbocycles. The van der Waals surface area contributed by atoms with Crippen LogP contribution in [0, 0.1) is 13.5 Å². The summed E-state index contributed by atoms with van der Waals surface area (Å²) in [5, 5.41) is 0. The van der Waals surface area contributed by atoms with E-state index < -0.39 is 9.84 Å². The largest absolute Gasteiger partial charge is 0.238 e. The Labute approximate surface area is 77.8 Å². The van der Waals surface area contributed by atoms with Crippen LogP contribution in [0.3, 0.4) is 0 Å². The Hall–Kier alpha value is -1.34. The average Bonchev–Trinajstić information content (AvgIpc) is 2.02. The molecule has 0 saturated heterocycles. The quantitative estimate of drug-likeness (QED) is 0.642. The molecule has 0 aliphatic rings. The maximum absolute atomic E-state index is 11.1. The Morgan fingerprint density at radius 3 is 2.38 bits per heavy atom. The highest BCUT2D eigenvalue weighted by molar-refractivity contribution is 7.90. The van der Waals surface area contributed by atoms with E-state index in [1.165, 1.54) is 18.2 Å². The van der Waals surface area contributed by atoms with E-state index >= 15 is 0 Å². The van der Waals surface area contributed by atoms with Crippen molar-refractivity contribution in [2.75, 3.05) is 6.26 Å². The summed E-state index contributed by atoms with van der Waals surface area (Å²) in [5.74, 6) is 0. The highest BCUT2D eigenvalue weighted by Crippen LogP contribution is 2.21. The first-order valence-electron chi connectivity index (χ1n) is 3.63. The second kappa shape index (κ2) is 3.19. The van der Waals surface area contributed by atoms with Crippen molar-refractivity contribution < 1.29 is 8.42 Å². The minimum Gasteiger partial charge on any atom is -0.238 e. The van der Waals surface area contributed by atoms with Crippen LogP contribution in [0.4, 0.5) is 5.69 Å². The van der Waals surface area contributed by atoms with Crippen LogP contribution in [0.5, 0.6) is 0 Å². The summed E-state index contributed by atoms with van der Waals surface area (Å²) in [6, 6.07) is 4.50. The first-order chi connectivity index (χ1) is 5.95. The summed E-state index contributed by atoms with van der Waals surface area (Å²) in [6.45, 7) is 8.51. The molecule has 0 heterocycles. The van der Waals surface area contributed by atoms with Gasteiger partial charge in [0.15, 0.2) is 15.5 Å². The molecule has 0 aliphatic heterocycles. The van der Waals surface area contributed by atoms with E-state index in [9.17, 15) is 8.42 Å². The summed E-state index contributed by atoms with van der Waals surface area (Å²) < 4.78 is 22.2. The Morgan fingerprint density at radius 2 is 2.00 bits per heavy atom. The van der Waals surface area contributed by atoms with Gasteiger partial charge in [0.05, 0.1) is 11.5 Å². The third-order valence-corrected chi connectivity index (χ3v) is 2.83. The van der Waals surface area contributed by atoms with Gasteiger partial charge in [-0.05, 0) is 12.5 Å². The molecule has 0 fully saturated rings. The summed E-state index contributed by atoms with van der Waals surface area (Å²) >= 11 is 0. The van der Waals surface area contributed by atoms with E-state index in [1.807, 2.05) is 0 Å². The smallest absolute Gasteiger partial charge is 0.190 e. The Bertz CT molecular complexity index is 469. The van der Waals surface area contributed by atoms with Gasteiger partial charge in [-0.1, -0.05) is 18.2 Å². The topological polar surface area (TPSA) is 38.5 Å². The molecule has 0 spiro atoms. The molecule has 0 saturated carbocycles. The lowest BCUT2D eigenvalue weighted by Gasteiger charge is -2.00. The molecule has 0 atom stereocenters. The van der Waals surface area contributed by atoms with E-state index in [0.29, 0.717) is 11.3 Å². The molecule has 0 amide bonds. The van der Waals surface area contributed by atoms with E-state index in [0.717, 1.165) is 6.26 Å². The molecule has 0 bridgehead atoms. The molecule has 1 aromatic carbocycles. The van der Waals surface area contributed by atoms with Crippen molar-refractivity contribution in [2.24, 2.45) is 0 Å². The predicted molar refractivity (Wildman–Crippen MR) is 50.6 cm³/mol. The molecule has 68 valence electrons. The van der Waals surface area contributed by atoms with Gasteiger partial charge < -0.3 is 0 Å². The van der Waals surface area contributed by atoms with Crippen molar-refractivity contribution in [1.29, 1.82) is 0 Å². The van der Waals surface area contributed by atoms with Crippen LogP contribution in [-0.4, -0.2) is 14.7 Å². The Morgan fingerprint density at radius 1 is 1.38 bits per heavy atom. The van der Waals surface area contributed by atoms with Crippen LogP contribution in [0.2, 0.25) is 0 Å². The number of aryl methyl sites for hydroxylation is 1. The second-order valence-electron chi connectivity index (χ2n) is 2.83. The van der Waals surface area contributed by atoms with Gasteiger partial charge in [0.2, 0.25) is 0 Å². The van der Waals surface area contributed by atoms with Gasteiger partial charge in [-0.3, -0.25) is 0 Å². The summed E-state index contributed by atoms with van der Waals surface area (Å²) in [7, 11) is -3.15. The maximum Gasteiger partial charge on any atom is 0.190 e. The van der Waals surface area contributed by atoms with Crippen molar-refractivity contribution in [2.45, 2.75) is 11.8 Å². The van der Waals surface area contributed by atoms with Crippen molar-refractivity contribution in [3.05, 3.63) is 35.2 Å². The first kappa shape index (κ1) is 9.75. The fraction of sp³-hybridized carbons (Fsp3) is 0.222. The van der Waals surface area contributed by atoms with E-state index in [2.05, 4.69) is 4.85 Å². The Kier molecular flexibility index (Phi) is 2.39. The molecule has 0 radical (unpaired) electrons. The van der Waals surface area contributed by atoms with Crippen LogP contribution in [0.15, 0.2) is 23.1 Å². The zero-order valence-electron chi connectivity index (χ0n) is 7.40. The van der Waals surface area contributed by atoms with Gasteiger partial charge in [0.25, 0.3) is 0 Å².